The third kappa shape index (κ3) is 3.26. The van der Waals surface area contributed by atoms with Crippen LogP contribution in [0.2, 0.25) is 0 Å². The van der Waals surface area contributed by atoms with Crippen LogP contribution in [-0.4, -0.2) is 19.7 Å². The lowest BCUT2D eigenvalue weighted by molar-refractivity contribution is 0.770. The van der Waals surface area contributed by atoms with Crippen molar-refractivity contribution in [3.63, 3.8) is 0 Å². The van der Waals surface area contributed by atoms with Crippen LogP contribution in [0.3, 0.4) is 0 Å². The summed E-state index contributed by atoms with van der Waals surface area (Å²) in [7, 11) is 1.88. The van der Waals surface area contributed by atoms with Crippen molar-refractivity contribution in [2.75, 3.05) is 5.32 Å². The van der Waals surface area contributed by atoms with Crippen molar-refractivity contribution >= 4 is 27.6 Å². The molecule has 1 N–H and O–H groups in total. The lowest BCUT2D eigenvalue weighted by Gasteiger charge is -2.05. The number of hydrogen-bond acceptors (Lipinski definition) is 4. The van der Waals surface area contributed by atoms with Crippen molar-refractivity contribution in [3.05, 3.63) is 28.8 Å². The van der Waals surface area contributed by atoms with Gasteiger partial charge in [0.1, 0.15) is 16.2 Å². The zero-order valence-corrected chi connectivity index (χ0v) is 11.4. The van der Waals surface area contributed by atoms with Crippen molar-refractivity contribution in [2.45, 2.75) is 19.8 Å². The first kappa shape index (κ1) is 12.0. The molecule has 0 radical (unpaired) electrons. The van der Waals surface area contributed by atoms with Crippen LogP contribution in [0.4, 0.5) is 11.6 Å². The SMILES string of the molecule is CCCc1nc(Br)cc(Nc2ccn(C)n2)n1. The van der Waals surface area contributed by atoms with Gasteiger partial charge in [0.25, 0.3) is 0 Å². The summed E-state index contributed by atoms with van der Waals surface area (Å²) in [4.78, 5) is 8.74. The van der Waals surface area contributed by atoms with E-state index in [4.69, 9.17) is 0 Å². The second-order valence-corrected chi connectivity index (χ2v) is 4.55. The first-order valence-corrected chi connectivity index (χ1v) is 6.27. The second-order valence-electron chi connectivity index (χ2n) is 3.74. The smallest absolute Gasteiger partial charge is 0.153 e. The van der Waals surface area contributed by atoms with E-state index in [9.17, 15) is 0 Å². The van der Waals surface area contributed by atoms with Gasteiger partial charge < -0.3 is 5.32 Å². The molecule has 0 saturated carbocycles. The van der Waals surface area contributed by atoms with Gasteiger partial charge in [0, 0.05) is 31.8 Å². The lowest BCUT2D eigenvalue weighted by Crippen LogP contribution is -2.01. The first-order valence-electron chi connectivity index (χ1n) is 5.47. The molecular weight excluding hydrogens is 282 g/mol. The van der Waals surface area contributed by atoms with Crippen molar-refractivity contribution in [2.24, 2.45) is 7.05 Å². The maximum absolute atomic E-state index is 4.43. The van der Waals surface area contributed by atoms with Crippen LogP contribution in [0, 0.1) is 0 Å². The number of nitrogens with one attached hydrogen (secondary N) is 1. The fourth-order valence-corrected chi connectivity index (χ4v) is 1.90. The molecule has 0 unspecified atom stereocenters. The fraction of sp³-hybridized carbons (Fsp3) is 0.364. The number of anilines is 2. The lowest BCUT2D eigenvalue weighted by atomic mass is 10.3. The summed E-state index contributed by atoms with van der Waals surface area (Å²) in [5.41, 5.74) is 0. The summed E-state index contributed by atoms with van der Waals surface area (Å²) in [5.74, 6) is 2.37. The van der Waals surface area contributed by atoms with Gasteiger partial charge in [-0.25, -0.2) is 9.97 Å². The average molecular weight is 296 g/mol. The van der Waals surface area contributed by atoms with Crippen LogP contribution in [0.5, 0.6) is 0 Å². The highest BCUT2D eigenvalue weighted by Gasteiger charge is 2.04. The molecule has 2 aromatic heterocycles. The van der Waals surface area contributed by atoms with Gasteiger partial charge in [-0.05, 0) is 22.4 Å². The summed E-state index contributed by atoms with van der Waals surface area (Å²) in [6, 6.07) is 3.74. The molecule has 0 saturated heterocycles. The zero-order valence-electron chi connectivity index (χ0n) is 9.81. The van der Waals surface area contributed by atoms with E-state index >= 15 is 0 Å². The molecule has 2 aromatic rings. The van der Waals surface area contributed by atoms with Gasteiger partial charge in [-0.3, -0.25) is 4.68 Å². The average Bonchev–Trinajstić information content (AvgIpc) is 2.63. The Morgan fingerprint density at radius 2 is 2.18 bits per heavy atom. The summed E-state index contributed by atoms with van der Waals surface area (Å²) in [6.45, 7) is 2.11. The molecule has 0 fully saturated rings. The highest BCUT2D eigenvalue weighted by molar-refractivity contribution is 9.10. The Kier molecular flexibility index (Phi) is 3.73. The highest BCUT2D eigenvalue weighted by atomic mass is 79.9. The van der Waals surface area contributed by atoms with Crippen molar-refractivity contribution in [3.8, 4) is 0 Å². The molecule has 2 rings (SSSR count). The van der Waals surface area contributed by atoms with Crippen LogP contribution in [0.15, 0.2) is 22.9 Å². The quantitative estimate of drug-likeness (QED) is 0.881. The Bertz CT molecular complexity index is 508. The van der Waals surface area contributed by atoms with Gasteiger partial charge in [0.2, 0.25) is 0 Å². The second kappa shape index (κ2) is 5.27. The number of rotatable bonds is 4. The van der Waals surface area contributed by atoms with Gasteiger partial charge in [0.15, 0.2) is 5.82 Å². The molecule has 0 aliphatic heterocycles. The number of aryl methyl sites for hydroxylation is 2. The van der Waals surface area contributed by atoms with Crippen LogP contribution >= 0.6 is 15.9 Å². The van der Waals surface area contributed by atoms with Crippen molar-refractivity contribution in [1.29, 1.82) is 0 Å². The largest absolute Gasteiger partial charge is 0.323 e. The van der Waals surface area contributed by atoms with Crippen molar-refractivity contribution < 1.29 is 0 Å². The van der Waals surface area contributed by atoms with Gasteiger partial charge in [-0.2, -0.15) is 5.10 Å². The van der Waals surface area contributed by atoms with E-state index in [0.717, 1.165) is 34.9 Å². The molecule has 90 valence electrons. The van der Waals surface area contributed by atoms with Gasteiger partial charge in [-0.1, -0.05) is 6.92 Å². The first-order chi connectivity index (χ1) is 8.17. The van der Waals surface area contributed by atoms with E-state index in [0.29, 0.717) is 0 Å². The molecule has 5 nitrogen and oxygen atoms in total. The fourth-order valence-electron chi connectivity index (χ4n) is 1.48. The number of aromatic nitrogens is 4. The Morgan fingerprint density at radius 1 is 1.35 bits per heavy atom. The molecule has 6 heteroatoms. The minimum Gasteiger partial charge on any atom is -0.323 e. The van der Waals surface area contributed by atoms with Crippen LogP contribution in [0.1, 0.15) is 19.2 Å². The summed E-state index contributed by atoms with van der Waals surface area (Å²) < 4.78 is 2.53. The van der Waals surface area contributed by atoms with Gasteiger partial charge >= 0.3 is 0 Å². The Labute approximate surface area is 108 Å². The molecule has 0 aliphatic rings. The molecule has 0 aliphatic carbocycles. The zero-order chi connectivity index (χ0) is 12.3. The number of hydrogen-bond donors (Lipinski definition) is 1. The predicted octanol–water partition coefficient (Wildman–Crippen LogP) is 2.67. The van der Waals surface area contributed by atoms with E-state index in [-0.39, 0.29) is 0 Å². The number of halogens is 1. The Morgan fingerprint density at radius 3 is 2.82 bits per heavy atom. The minimum absolute atomic E-state index is 0.758. The third-order valence-corrected chi connectivity index (χ3v) is 2.59. The van der Waals surface area contributed by atoms with Crippen LogP contribution in [0.25, 0.3) is 0 Å². The Hall–Kier alpha value is -1.43. The summed E-state index contributed by atoms with van der Waals surface area (Å²) >= 11 is 3.38. The van der Waals surface area contributed by atoms with Gasteiger partial charge in [-0.15, -0.1) is 0 Å². The normalized spacial score (nSPS) is 10.5. The molecule has 17 heavy (non-hydrogen) atoms. The maximum Gasteiger partial charge on any atom is 0.153 e. The molecule has 2 heterocycles. The Balaban J connectivity index is 2.20. The molecular formula is C11H14BrN5. The van der Waals surface area contributed by atoms with E-state index in [1.165, 1.54) is 0 Å². The molecule has 0 aromatic carbocycles. The van der Waals surface area contributed by atoms with E-state index < -0.39 is 0 Å². The minimum atomic E-state index is 0.758. The number of nitrogens with zero attached hydrogens (tertiary/aromatic N) is 4. The van der Waals surface area contributed by atoms with E-state index in [1.807, 2.05) is 25.4 Å². The van der Waals surface area contributed by atoms with Crippen LogP contribution < -0.4 is 5.32 Å². The molecule has 0 atom stereocenters. The van der Waals surface area contributed by atoms with E-state index in [1.54, 1.807) is 4.68 Å². The maximum atomic E-state index is 4.43. The summed E-state index contributed by atoms with van der Waals surface area (Å²) in [5, 5.41) is 7.39. The van der Waals surface area contributed by atoms with Crippen molar-refractivity contribution in [1.82, 2.24) is 19.7 Å². The summed E-state index contributed by atoms with van der Waals surface area (Å²) in [6.07, 6.45) is 3.78. The molecule has 0 bridgehead atoms. The molecule has 0 amide bonds. The topological polar surface area (TPSA) is 55.6 Å². The highest BCUT2D eigenvalue weighted by Crippen LogP contribution is 2.16. The predicted molar refractivity (Wildman–Crippen MR) is 70.2 cm³/mol. The standard InChI is InChI=1S/C11H14BrN5/c1-3-4-9-13-8(12)7-11(14-9)15-10-5-6-17(2)16-10/h5-7H,3-4H2,1-2H3,(H,13,14,15,16). The molecule has 0 spiro atoms. The third-order valence-electron chi connectivity index (χ3n) is 2.18. The van der Waals surface area contributed by atoms with Crippen LogP contribution in [-0.2, 0) is 13.5 Å². The van der Waals surface area contributed by atoms with E-state index in [2.05, 4.69) is 43.2 Å². The monoisotopic (exact) mass is 295 g/mol. The van der Waals surface area contributed by atoms with Gasteiger partial charge in [0.05, 0.1) is 0 Å².